The Hall–Kier alpha value is -4.01. The second kappa shape index (κ2) is 10.1. The molecular weight excluding hydrogens is 463 g/mol. The number of hydrogen-bond donors (Lipinski definition) is 3. The molecule has 0 heterocycles. The molecule has 0 aromatic heterocycles. The Bertz CT molecular complexity index is 1260. The van der Waals surface area contributed by atoms with Crippen LogP contribution in [0.25, 0.3) is 22.3 Å². The highest BCUT2D eigenvalue weighted by molar-refractivity contribution is 5.88. The van der Waals surface area contributed by atoms with Gasteiger partial charge in [-0.15, -0.1) is 0 Å². The summed E-state index contributed by atoms with van der Waals surface area (Å²) in [5, 5.41) is 21.5. The van der Waals surface area contributed by atoms with Crippen molar-refractivity contribution in [3.63, 3.8) is 0 Å². The molecule has 0 amide bonds. The van der Waals surface area contributed by atoms with Gasteiger partial charge in [-0.1, -0.05) is 17.7 Å². The molecule has 4 N–H and O–H groups in total. The molecule has 0 aliphatic carbocycles. The Balaban J connectivity index is 2.13. The third-order valence-corrected chi connectivity index (χ3v) is 5.29. The van der Waals surface area contributed by atoms with Gasteiger partial charge in [-0.2, -0.15) is 13.2 Å². The lowest BCUT2D eigenvalue weighted by molar-refractivity contribution is -0.136. The van der Waals surface area contributed by atoms with E-state index in [0.29, 0.717) is 5.56 Å². The second-order valence-corrected chi connectivity index (χ2v) is 7.96. The number of rotatable bonds is 7. The molecule has 9 heteroatoms. The van der Waals surface area contributed by atoms with Crippen LogP contribution < -0.4 is 19.9 Å². The summed E-state index contributed by atoms with van der Waals surface area (Å²) in [6, 6.07) is 9.41. The Morgan fingerprint density at radius 1 is 0.943 bits per heavy atom. The minimum absolute atomic E-state index is 0.0675. The lowest BCUT2D eigenvalue weighted by Crippen LogP contribution is -2.09. The lowest BCUT2D eigenvalue weighted by Gasteiger charge is -2.19. The van der Waals surface area contributed by atoms with Gasteiger partial charge < -0.3 is 30.2 Å². The summed E-state index contributed by atoms with van der Waals surface area (Å²) in [6.45, 7) is 4.12. The van der Waals surface area contributed by atoms with E-state index in [-0.39, 0.29) is 52.0 Å². The minimum atomic E-state index is -4.66. The van der Waals surface area contributed by atoms with Crippen molar-refractivity contribution in [2.75, 3.05) is 26.6 Å². The number of methoxy groups -OCH3 is 2. The van der Waals surface area contributed by atoms with E-state index in [2.05, 4.69) is 0 Å². The molecule has 0 saturated heterocycles. The molecule has 3 aromatic carbocycles. The molecule has 0 atom stereocenters. The van der Waals surface area contributed by atoms with Gasteiger partial charge in [-0.05, 0) is 61.4 Å². The lowest BCUT2D eigenvalue weighted by atomic mass is 9.95. The second-order valence-electron chi connectivity index (χ2n) is 7.96. The maximum absolute atomic E-state index is 13.4. The monoisotopic (exact) mass is 489 g/mol. The van der Waals surface area contributed by atoms with Gasteiger partial charge in [0.25, 0.3) is 0 Å². The van der Waals surface area contributed by atoms with Crippen molar-refractivity contribution in [1.29, 1.82) is 0 Å². The SMILES string of the molecule is COc1cc(-c2ccc(N)c(C(F)(F)F)c2)c(OC)c(O)c1-c1ccc(OCC=C(C)C)c(O)c1. The first-order valence-corrected chi connectivity index (χ1v) is 10.5. The highest BCUT2D eigenvalue weighted by Crippen LogP contribution is 2.51. The number of aromatic hydroxyl groups is 2. The maximum atomic E-state index is 13.4. The number of nitrogens with two attached hydrogens (primary N) is 1. The van der Waals surface area contributed by atoms with E-state index in [1.807, 2.05) is 19.9 Å². The van der Waals surface area contributed by atoms with Crippen LogP contribution in [-0.2, 0) is 6.18 Å². The summed E-state index contributed by atoms with van der Waals surface area (Å²) in [6.07, 6.45) is -2.81. The van der Waals surface area contributed by atoms with Gasteiger partial charge in [0.05, 0.1) is 25.3 Å². The zero-order chi connectivity index (χ0) is 25.9. The number of phenols is 2. The van der Waals surface area contributed by atoms with Crippen LogP contribution in [0.15, 0.2) is 54.1 Å². The molecular formula is C26H26F3NO5. The third-order valence-electron chi connectivity index (χ3n) is 5.29. The van der Waals surface area contributed by atoms with Gasteiger partial charge in [0.2, 0.25) is 0 Å². The molecule has 186 valence electrons. The first-order chi connectivity index (χ1) is 16.5. The number of halogens is 3. The van der Waals surface area contributed by atoms with Crippen molar-refractivity contribution in [2.24, 2.45) is 0 Å². The molecule has 0 radical (unpaired) electrons. The quantitative estimate of drug-likeness (QED) is 0.263. The number of benzene rings is 3. The normalized spacial score (nSPS) is 11.2. The van der Waals surface area contributed by atoms with Crippen LogP contribution in [0, 0.1) is 0 Å². The Kier molecular flexibility index (Phi) is 7.38. The molecule has 35 heavy (non-hydrogen) atoms. The van der Waals surface area contributed by atoms with Gasteiger partial charge in [0, 0.05) is 11.3 Å². The molecule has 0 aliphatic rings. The average molecular weight is 489 g/mol. The molecule has 3 rings (SSSR count). The van der Waals surface area contributed by atoms with Crippen LogP contribution in [0.5, 0.6) is 28.7 Å². The highest BCUT2D eigenvalue weighted by atomic mass is 19.4. The van der Waals surface area contributed by atoms with Crippen molar-refractivity contribution in [3.05, 3.63) is 59.7 Å². The zero-order valence-corrected chi connectivity index (χ0v) is 19.7. The van der Waals surface area contributed by atoms with Crippen LogP contribution >= 0.6 is 0 Å². The fraction of sp³-hybridized carbons (Fsp3) is 0.231. The van der Waals surface area contributed by atoms with Crippen molar-refractivity contribution < 1.29 is 37.6 Å². The molecule has 0 saturated carbocycles. The molecule has 0 aliphatic heterocycles. The Labute approximate surface area is 201 Å². The van der Waals surface area contributed by atoms with E-state index < -0.39 is 17.4 Å². The summed E-state index contributed by atoms with van der Waals surface area (Å²) in [5.41, 5.74) is 6.01. The van der Waals surface area contributed by atoms with E-state index in [9.17, 15) is 23.4 Å². The maximum Gasteiger partial charge on any atom is 0.418 e. The summed E-state index contributed by atoms with van der Waals surface area (Å²) in [7, 11) is 2.64. The molecule has 0 unspecified atom stereocenters. The van der Waals surface area contributed by atoms with Gasteiger partial charge in [-0.3, -0.25) is 0 Å². The molecule has 0 fully saturated rings. The number of allylic oxidation sites excluding steroid dienone is 1. The number of hydrogen-bond acceptors (Lipinski definition) is 6. The predicted molar refractivity (Wildman–Crippen MR) is 128 cm³/mol. The van der Waals surface area contributed by atoms with Crippen molar-refractivity contribution in [1.82, 2.24) is 0 Å². The molecule has 0 spiro atoms. The number of anilines is 1. The fourth-order valence-electron chi connectivity index (χ4n) is 3.55. The van der Waals surface area contributed by atoms with Crippen LogP contribution in [0.4, 0.5) is 18.9 Å². The average Bonchev–Trinajstić information content (AvgIpc) is 2.78. The first kappa shape index (κ1) is 25.6. The Morgan fingerprint density at radius 3 is 2.20 bits per heavy atom. The van der Waals surface area contributed by atoms with E-state index in [1.54, 1.807) is 12.1 Å². The van der Waals surface area contributed by atoms with Gasteiger partial charge >= 0.3 is 6.18 Å². The van der Waals surface area contributed by atoms with Crippen LogP contribution in [0.1, 0.15) is 19.4 Å². The van der Waals surface area contributed by atoms with Crippen LogP contribution in [0.3, 0.4) is 0 Å². The summed E-state index contributed by atoms with van der Waals surface area (Å²) >= 11 is 0. The third kappa shape index (κ3) is 5.40. The van der Waals surface area contributed by atoms with Crippen molar-refractivity contribution >= 4 is 5.69 Å². The highest BCUT2D eigenvalue weighted by Gasteiger charge is 2.33. The van der Waals surface area contributed by atoms with Crippen molar-refractivity contribution in [2.45, 2.75) is 20.0 Å². The molecule has 0 bridgehead atoms. The number of alkyl halides is 3. The van der Waals surface area contributed by atoms with Crippen LogP contribution in [0.2, 0.25) is 0 Å². The molecule has 3 aromatic rings. The number of phenolic OH excluding ortho intramolecular Hbond substituents is 2. The van der Waals surface area contributed by atoms with Crippen molar-refractivity contribution in [3.8, 4) is 51.0 Å². The van der Waals surface area contributed by atoms with E-state index in [4.69, 9.17) is 19.9 Å². The first-order valence-electron chi connectivity index (χ1n) is 10.5. The molecule has 6 nitrogen and oxygen atoms in total. The smallest absolute Gasteiger partial charge is 0.418 e. The van der Waals surface area contributed by atoms with Gasteiger partial charge in [-0.25, -0.2) is 0 Å². The summed E-state index contributed by atoms with van der Waals surface area (Å²) < 4.78 is 56.6. The zero-order valence-electron chi connectivity index (χ0n) is 19.7. The van der Waals surface area contributed by atoms with E-state index >= 15 is 0 Å². The van der Waals surface area contributed by atoms with Gasteiger partial charge in [0.15, 0.2) is 23.0 Å². The summed E-state index contributed by atoms with van der Waals surface area (Å²) in [4.78, 5) is 0. The fourth-order valence-corrected chi connectivity index (χ4v) is 3.55. The number of ether oxygens (including phenoxy) is 3. The van der Waals surface area contributed by atoms with Crippen LogP contribution in [-0.4, -0.2) is 31.0 Å². The van der Waals surface area contributed by atoms with Gasteiger partial charge in [0.1, 0.15) is 12.4 Å². The predicted octanol–water partition coefficient (Wildman–Crippen LogP) is 6.40. The minimum Gasteiger partial charge on any atom is -0.504 e. The topological polar surface area (TPSA) is 94.2 Å². The van der Waals surface area contributed by atoms with E-state index in [0.717, 1.165) is 17.7 Å². The standard InChI is InChI=1S/C26H26F3NO5/c1-14(2)9-10-35-21-8-6-16(12-20(21)31)23-22(33-3)13-17(25(34-4)24(23)32)15-5-7-19(30)18(11-15)26(27,28)29/h5-9,11-13,31-32H,10,30H2,1-4H3. The largest absolute Gasteiger partial charge is 0.504 e. The Morgan fingerprint density at radius 2 is 1.63 bits per heavy atom. The summed E-state index contributed by atoms with van der Waals surface area (Å²) in [5.74, 6) is -0.203. The number of nitrogen functional groups attached to an aromatic ring is 1. The van der Waals surface area contributed by atoms with E-state index in [1.165, 1.54) is 32.4 Å².